The molecular formula is C23H25NO5S2. The van der Waals surface area contributed by atoms with Crippen molar-refractivity contribution in [2.45, 2.75) is 13.3 Å². The lowest BCUT2D eigenvalue weighted by Gasteiger charge is -2.13. The Kier molecular flexibility index (Phi) is 8.20. The quantitative estimate of drug-likeness (QED) is 0.288. The van der Waals surface area contributed by atoms with Crippen LogP contribution in [0.4, 0.5) is 0 Å². The molecule has 0 spiro atoms. The summed E-state index contributed by atoms with van der Waals surface area (Å²) in [6.45, 7) is 3.43. The van der Waals surface area contributed by atoms with Crippen LogP contribution < -0.4 is 18.9 Å². The van der Waals surface area contributed by atoms with E-state index >= 15 is 0 Å². The van der Waals surface area contributed by atoms with Crippen LogP contribution in [0.25, 0.3) is 6.08 Å². The van der Waals surface area contributed by atoms with Gasteiger partial charge in [-0.3, -0.25) is 9.69 Å². The van der Waals surface area contributed by atoms with Gasteiger partial charge in [0.2, 0.25) is 0 Å². The molecule has 0 aliphatic carbocycles. The molecule has 1 fully saturated rings. The van der Waals surface area contributed by atoms with Gasteiger partial charge in [0.05, 0.1) is 31.8 Å². The van der Waals surface area contributed by atoms with Crippen LogP contribution in [0.2, 0.25) is 0 Å². The number of carbonyl (C=O) groups excluding carboxylic acids is 1. The van der Waals surface area contributed by atoms with E-state index in [1.165, 1.54) is 16.7 Å². The van der Waals surface area contributed by atoms with Gasteiger partial charge in [0.1, 0.15) is 15.8 Å². The van der Waals surface area contributed by atoms with Crippen molar-refractivity contribution in [3.05, 3.63) is 52.9 Å². The second kappa shape index (κ2) is 11.1. The molecule has 0 unspecified atom stereocenters. The third kappa shape index (κ3) is 6.15. The van der Waals surface area contributed by atoms with Crippen LogP contribution in [0, 0.1) is 0 Å². The highest BCUT2D eigenvalue weighted by molar-refractivity contribution is 8.26. The highest BCUT2D eigenvalue weighted by atomic mass is 32.2. The molecule has 6 nitrogen and oxygen atoms in total. The van der Waals surface area contributed by atoms with Crippen molar-refractivity contribution < 1.29 is 23.7 Å². The number of benzene rings is 2. The minimum Gasteiger partial charge on any atom is -0.497 e. The normalized spacial score (nSPS) is 14.8. The number of hydrogen-bond acceptors (Lipinski definition) is 7. The number of carbonyl (C=O) groups is 1. The van der Waals surface area contributed by atoms with E-state index in [9.17, 15) is 4.79 Å². The fourth-order valence-electron chi connectivity index (χ4n) is 2.82. The molecule has 1 saturated heterocycles. The zero-order chi connectivity index (χ0) is 22.2. The molecule has 1 aliphatic heterocycles. The summed E-state index contributed by atoms with van der Waals surface area (Å²) in [6.07, 6.45) is 2.53. The van der Waals surface area contributed by atoms with Crippen molar-refractivity contribution in [2.75, 3.05) is 34.0 Å². The average molecular weight is 460 g/mol. The lowest BCUT2D eigenvalue weighted by molar-refractivity contribution is -0.121. The van der Waals surface area contributed by atoms with Crippen molar-refractivity contribution in [2.24, 2.45) is 0 Å². The number of likely N-dealkylation sites (N-methyl/N-ethyl adjacent to an activating group) is 1. The number of nitrogens with zero attached hydrogens (tertiary/aromatic N) is 1. The van der Waals surface area contributed by atoms with Gasteiger partial charge in [-0.05, 0) is 42.8 Å². The Morgan fingerprint density at radius 1 is 1.03 bits per heavy atom. The largest absolute Gasteiger partial charge is 0.497 e. The first kappa shape index (κ1) is 23.0. The molecule has 2 aromatic carbocycles. The Morgan fingerprint density at radius 3 is 2.52 bits per heavy atom. The Morgan fingerprint density at radius 2 is 1.81 bits per heavy atom. The summed E-state index contributed by atoms with van der Waals surface area (Å²) in [7, 11) is 3.31. The molecule has 0 saturated carbocycles. The molecule has 164 valence electrons. The first-order valence-corrected chi connectivity index (χ1v) is 11.1. The lowest BCUT2D eigenvalue weighted by Crippen LogP contribution is -2.22. The maximum atomic E-state index is 12.2. The van der Waals surface area contributed by atoms with Crippen LogP contribution in [0.1, 0.15) is 18.9 Å². The fraction of sp³-hybridized carbons (Fsp3) is 0.304. The van der Waals surface area contributed by atoms with E-state index in [1.807, 2.05) is 55.5 Å². The molecule has 2 aromatic rings. The summed E-state index contributed by atoms with van der Waals surface area (Å²) in [5.41, 5.74) is 0.853. The van der Waals surface area contributed by atoms with Crippen molar-refractivity contribution >= 4 is 40.3 Å². The van der Waals surface area contributed by atoms with Crippen molar-refractivity contribution in [1.82, 2.24) is 4.90 Å². The zero-order valence-corrected chi connectivity index (χ0v) is 19.4. The fourth-order valence-corrected chi connectivity index (χ4v) is 4.00. The van der Waals surface area contributed by atoms with Crippen LogP contribution in [0.5, 0.6) is 23.0 Å². The van der Waals surface area contributed by atoms with E-state index in [2.05, 4.69) is 0 Å². The van der Waals surface area contributed by atoms with Crippen LogP contribution in [0.15, 0.2) is 47.4 Å². The molecule has 0 atom stereocenters. The molecule has 3 rings (SSSR count). The predicted octanol–water partition coefficient (Wildman–Crippen LogP) is 4.77. The number of ether oxygens (including phenoxy) is 4. The third-order valence-electron chi connectivity index (χ3n) is 4.41. The molecule has 1 aliphatic rings. The monoisotopic (exact) mass is 459 g/mol. The second-order valence-electron chi connectivity index (χ2n) is 6.61. The standard InChI is InChI=1S/C23H25NO5S2/c1-4-27-20-13-16(14-21-22(25)24(2)23(30)31-21)9-10-19(20)29-12-6-11-28-18-8-5-7-17(15-18)26-3/h5,7-10,13-15H,4,6,11-12H2,1-3H3/b21-14+. The van der Waals surface area contributed by atoms with E-state index in [4.69, 9.17) is 31.2 Å². The SMILES string of the molecule is CCOc1cc(/C=C2/SC(=S)N(C)C2=O)ccc1OCCCOc1cccc(OC)c1. The number of rotatable bonds is 10. The Hall–Kier alpha value is -2.71. The van der Waals surface area contributed by atoms with Gasteiger partial charge in [0.15, 0.2) is 11.5 Å². The van der Waals surface area contributed by atoms with Crippen LogP contribution >= 0.6 is 24.0 Å². The van der Waals surface area contributed by atoms with E-state index < -0.39 is 0 Å². The third-order valence-corrected chi connectivity index (χ3v) is 5.89. The minimum atomic E-state index is -0.0932. The van der Waals surface area contributed by atoms with Gasteiger partial charge in [-0.1, -0.05) is 36.1 Å². The second-order valence-corrected chi connectivity index (χ2v) is 8.29. The van der Waals surface area contributed by atoms with Gasteiger partial charge in [0.25, 0.3) is 5.91 Å². The number of methoxy groups -OCH3 is 1. The first-order valence-electron chi connectivity index (χ1n) is 9.90. The molecule has 0 radical (unpaired) electrons. The topological polar surface area (TPSA) is 57.2 Å². The van der Waals surface area contributed by atoms with Gasteiger partial charge in [0, 0.05) is 19.5 Å². The summed E-state index contributed by atoms with van der Waals surface area (Å²) < 4.78 is 23.1. The van der Waals surface area contributed by atoms with E-state index in [1.54, 1.807) is 14.2 Å². The van der Waals surface area contributed by atoms with Crippen LogP contribution in [-0.2, 0) is 4.79 Å². The molecule has 1 heterocycles. The maximum absolute atomic E-state index is 12.2. The molecular weight excluding hydrogens is 434 g/mol. The summed E-state index contributed by atoms with van der Waals surface area (Å²) >= 11 is 6.47. The smallest absolute Gasteiger partial charge is 0.265 e. The molecule has 1 amide bonds. The van der Waals surface area contributed by atoms with Crippen molar-refractivity contribution in [3.8, 4) is 23.0 Å². The number of thiocarbonyl (C=S) groups is 1. The van der Waals surface area contributed by atoms with Crippen molar-refractivity contribution in [3.63, 3.8) is 0 Å². The summed E-state index contributed by atoms with van der Waals surface area (Å²) in [6, 6.07) is 13.1. The zero-order valence-electron chi connectivity index (χ0n) is 17.8. The lowest BCUT2D eigenvalue weighted by atomic mass is 10.2. The van der Waals surface area contributed by atoms with Gasteiger partial charge < -0.3 is 18.9 Å². The Bertz CT molecular complexity index is 976. The molecule has 8 heteroatoms. The van der Waals surface area contributed by atoms with Crippen LogP contribution in [-0.4, -0.2) is 49.1 Å². The van der Waals surface area contributed by atoms with E-state index in [-0.39, 0.29) is 5.91 Å². The van der Waals surface area contributed by atoms with E-state index in [0.29, 0.717) is 47.0 Å². The van der Waals surface area contributed by atoms with Gasteiger partial charge in [-0.15, -0.1) is 0 Å². The number of thioether (sulfide) groups is 1. The summed E-state index contributed by atoms with van der Waals surface area (Å²) in [5, 5.41) is 0. The molecule has 0 N–H and O–H groups in total. The minimum absolute atomic E-state index is 0.0932. The summed E-state index contributed by atoms with van der Waals surface area (Å²) in [5.74, 6) is 2.72. The van der Waals surface area contributed by atoms with Gasteiger partial charge in [-0.25, -0.2) is 0 Å². The first-order chi connectivity index (χ1) is 15.0. The van der Waals surface area contributed by atoms with Gasteiger partial charge >= 0.3 is 0 Å². The highest BCUT2D eigenvalue weighted by Crippen LogP contribution is 2.34. The molecule has 31 heavy (non-hydrogen) atoms. The molecule has 0 bridgehead atoms. The molecule has 0 aromatic heterocycles. The Labute approximate surface area is 192 Å². The van der Waals surface area contributed by atoms with Gasteiger partial charge in [-0.2, -0.15) is 0 Å². The maximum Gasteiger partial charge on any atom is 0.265 e. The van der Waals surface area contributed by atoms with E-state index in [0.717, 1.165) is 17.1 Å². The predicted molar refractivity (Wildman–Crippen MR) is 127 cm³/mol. The Balaban J connectivity index is 1.57. The average Bonchev–Trinajstić information content (AvgIpc) is 3.01. The highest BCUT2D eigenvalue weighted by Gasteiger charge is 2.28. The number of amides is 1. The van der Waals surface area contributed by atoms with Crippen LogP contribution in [0.3, 0.4) is 0 Å². The van der Waals surface area contributed by atoms with Crippen molar-refractivity contribution in [1.29, 1.82) is 0 Å². The number of hydrogen-bond donors (Lipinski definition) is 0. The summed E-state index contributed by atoms with van der Waals surface area (Å²) in [4.78, 5) is 14.3.